The van der Waals surface area contributed by atoms with Gasteiger partial charge < -0.3 is 21.0 Å². The second-order valence-corrected chi connectivity index (χ2v) is 6.23. The minimum Gasteiger partial charge on any atom is -1.00 e. The molecule has 1 atom stereocenters. The molecule has 1 rings (SSSR count). The van der Waals surface area contributed by atoms with Crippen molar-refractivity contribution in [3.63, 3.8) is 0 Å². The van der Waals surface area contributed by atoms with Crippen molar-refractivity contribution in [2.75, 3.05) is 6.54 Å². The molecule has 146 valence electrons. The Morgan fingerprint density at radius 2 is 1.78 bits per heavy atom. The summed E-state index contributed by atoms with van der Waals surface area (Å²) in [6.45, 7) is 5.35. The summed E-state index contributed by atoms with van der Waals surface area (Å²) >= 11 is 5.75. The van der Waals surface area contributed by atoms with E-state index in [1.54, 1.807) is 45.0 Å². The maximum Gasteiger partial charge on any atom is 1.00 e. The summed E-state index contributed by atoms with van der Waals surface area (Å²) in [6.07, 6.45) is -0.787. The molecule has 1 aromatic carbocycles. The quantitative estimate of drug-likeness (QED) is 0.213. The van der Waals surface area contributed by atoms with Crippen LogP contribution in [0.1, 0.15) is 41.5 Å². The van der Waals surface area contributed by atoms with Gasteiger partial charge in [0.25, 0.3) is 0 Å². The van der Waals surface area contributed by atoms with Crippen LogP contribution in [0.25, 0.3) is 0 Å². The summed E-state index contributed by atoms with van der Waals surface area (Å²) in [4.78, 5) is 34.9. The standard InChI is InChI=1S/C18H24ClNO6.Na.H/c1-4-16(25-17(22)12(2)3)26-18(23)20-11-5-6-15(21)24-14-9-7-13(19)8-10-14;;/h7-10,12,16H,4-6,11H2,1-3H3,(H,20,23);;/q;+1;-1. The molecule has 0 aliphatic heterocycles. The number of carbonyl (C=O) groups is 3. The molecule has 0 radical (unpaired) electrons. The van der Waals surface area contributed by atoms with Gasteiger partial charge in [-0.25, -0.2) is 4.79 Å². The Morgan fingerprint density at radius 1 is 1.15 bits per heavy atom. The number of hydrogen-bond donors (Lipinski definition) is 1. The van der Waals surface area contributed by atoms with Gasteiger partial charge in [-0.2, -0.15) is 0 Å². The first kappa shape index (κ1) is 25.7. The van der Waals surface area contributed by atoms with Crippen LogP contribution in [-0.4, -0.2) is 30.9 Å². The maximum absolute atomic E-state index is 11.7. The van der Waals surface area contributed by atoms with Gasteiger partial charge in [-0.3, -0.25) is 9.59 Å². The van der Waals surface area contributed by atoms with Crippen molar-refractivity contribution in [1.29, 1.82) is 0 Å². The summed E-state index contributed by atoms with van der Waals surface area (Å²) in [5.41, 5.74) is 0. The average Bonchev–Trinajstić information content (AvgIpc) is 2.60. The number of esters is 2. The van der Waals surface area contributed by atoms with Gasteiger partial charge in [-0.05, 0) is 30.7 Å². The van der Waals surface area contributed by atoms with Gasteiger partial charge in [0.05, 0.1) is 5.92 Å². The van der Waals surface area contributed by atoms with Gasteiger partial charge in [-0.15, -0.1) is 0 Å². The number of amides is 1. The van der Waals surface area contributed by atoms with Crippen LogP contribution in [0.3, 0.4) is 0 Å². The van der Waals surface area contributed by atoms with Gasteiger partial charge in [0, 0.05) is 24.4 Å². The number of benzene rings is 1. The predicted molar refractivity (Wildman–Crippen MR) is 96.9 cm³/mol. The first-order valence-corrected chi connectivity index (χ1v) is 8.80. The molecule has 0 aromatic heterocycles. The summed E-state index contributed by atoms with van der Waals surface area (Å²) in [5, 5.41) is 3.05. The fourth-order valence-corrected chi connectivity index (χ4v) is 1.85. The molecule has 0 aliphatic rings. The van der Waals surface area contributed by atoms with E-state index in [-0.39, 0.29) is 49.9 Å². The van der Waals surface area contributed by atoms with Crippen molar-refractivity contribution in [3.8, 4) is 5.75 Å². The molecule has 0 saturated carbocycles. The van der Waals surface area contributed by atoms with E-state index in [2.05, 4.69) is 5.32 Å². The Balaban J connectivity index is 0. The maximum atomic E-state index is 11.7. The van der Waals surface area contributed by atoms with E-state index in [1.807, 2.05) is 0 Å². The van der Waals surface area contributed by atoms with Crippen LogP contribution in [0.2, 0.25) is 5.02 Å². The molecular formula is C18H25ClNNaO6. The van der Waals surface area contributed by atoms with Crippen LogP contribution in [0, 0.1) is 5.92 Å². The van der Waals surface area contributed by atoms with Gasteiger partial charge in [0.15, 0.2) is 0 Å². The molecule has 7 nitrogen and oxygen atoms in total. The van der Waals surface area contributed by atoms with Gasteiger partial charge >= 0.3 is 47.6 Å². The SMILES string of the molecule is CCC(OC(=O)NCCCC(=O)Oc1ccc(Cl)cc1)OC(=O)C(C)C.[H-].[Na+]. The minimum absolute atomic E-state index is 0. The summed E-state index contributed by atoms with van der Waals surface area (Å²) < 4.78 is 15.2. The third-order valence-electron chi connectivity index (χ3n) is 3.16. The zero-order valence-corrected chi connectivity index (χ0v) is 18.9. The van der Waals surface area contributed by atoms with Gasteiger partial charge in [-0.1, -0.05) is 32.4 Å². The Labute approximate surface area is 187 Å². The van der Waals surface area contributed by atoms with Gasteiger partial charge in [0.2, 0.25) is 6.29 Å². The first-order valence-electron chi connectivity index (χ1n) is 8.43. The molecule has 0 spiro atoms. The van der Waals surface area contributed by atoms with Crippen molar-refractivity contribution in [3.05, 3.63) is 29.3 Å². The molecule has 0 aliphatic carbocycles. The van der Waals surface area contributed by atoms with Crippen LogP contribution in [0.4, 0.5) is 4.79 Å². The zero-order chi connectivity index (χ0) is 19.5. The molecule has 9 heteroatoms. The van der Waals surface area contributed by atoms with Crippen molar-refractivity contribution >= 4 is 29.6 Å². The number of hydrogen-bond acceptors (Lipinski definition) is 6. The monoisotopic (exact) mass is 409 g/mol. The Kier molecular flexibility index (Phi) is 13.2. The summed E-state index contributed by atoms with van der Waals surface area (Å²) in [6, 6.07) is 6.44. The van der Waals surface area contributed by atoms with Crippen LogP contribution >= 0.6 is 11.6 Å². The number of halogens is 1. The van der Waals surface area contributed by atoms with E-state index in [0.717, 1.165) is 0 Å². The van der Waals surface area contributed by atoms with Crippen molar-refractivity contribution in [2.24, 2.45) is 5.92 Å². The van der Waals surface area contributed by atoms with E-state index in [0.29, 0.717) is 23.6 Å². The Morgan fingerprint density at radius 3 is 2.33 bits per heavy atom. The van der Waals surface area contributed by atoms with Crippen molar-refractivity contribution in [2.45, 2.75) is 46.3 Å². The van der Waals surface area contributed by atoms with Crippen molar-refractivity contribution in [1.82, 2.24) is 5.32 Å². The van der Waals surface area contributed by atoms with E-state index in [1.165, 1.54) is 0 Å². The molecule has 0 saturated heterocycles. The summed E-state index contributed by atoms with van der Waals surface area (Å²) in [7, 11) is 0. The largest absolute Gasteiger partial charge is 1.00 e. The molecule has 27 heavy (non-hydrogen) atoms. The predicted octanol–water partition coefficient (Wildman–Crippen LogP) is 0.804. The Bertz CT molecular complexity index is 615. The average molecular weight is 410 g/mol. The molecule has 0 bridgehead atoms. The molecule has 0 fully saturated rings. The Hall–Kier alpha value is -1.28. The van der Waals surface area contributed by atoms with Gasteiger partial charge in [0.1, 0.15) is 5.75 Å². The van der Waals surface area contributed by atoms with Crippen LogP contribution < -0.4 is 39.6 Å². The number of ether oxygens (including phenoxy) is 3. The smallest absolute Gasteiger partial charge is 1.00 e. The molecule has 1 aromatic rings. The van der Waals surface area contributed by atoms with Crippen molar-refractivity contribution < 1.29 is 59.6 Å². The summed E-state index contributed by atoms with van der Waals surface area (Å²) in [5.74, 6) is -0.749. The van der Waals surface area contributed by atoms with E-state index in [9.17, 15) is 14.4 Å². The molecular weight excluding hydrogens is 385 g/mol. The molecule has 1 amide bonds. The second-order valence-electron chi connectivity index (χ2n) is 5.79. The molecule has 1 unspecified atom stereocenters. The normalized spacial score (nSPS) is 11.1. The fraction of sp³-hybridized carbons (Fsp3) is 0.500. The van der Waals surface area contributed by atoms with E-state index < -0.39 is 24.3 Å². The van der Waals surface area contributed by atoms with E-state index in [4.69, 9.17) is 25.8 Å². The molecule has 0 heterocycles. The second kappa shape index (κ2) is 13.8. The number of rotatable bonds is 9. The third-order valence-corrected chi connectivity index (χ3v) is 3.42. The van der Waals surface area contributed by atoms with E-state index >= 15 is 0 Å². The van der Waals surface area contributed by atoms with Crippen LogP contribution in [0.15, 0.2) is 24.3 Å². The van der Waals surface area contributed by atoms with Crippen LogP contribution in [-0.2, 0) is 19.1 Å². The minimum atomic E-state index is -0.931. The number of carbonyl (C=O) groups excluding carboxylic acids is 3. The van der Waals surface area contributed by atoms with Crippen LogP contribution in [0.5, 0.6) is 5.75 Å². The fourth-order valence-electron chi connectivity index (χ4n) is 1.73. The molecule has 1 N–H and O–H groups in total. The third kappa shape index (κ3) is 11.2. The first-order chi connectivity index (χ1) is 12.3. The number of nitrogens with one attached hydrogen (secondary N) is 1. The topological polar surface area (TPSA) is 90.9 Å². The number of alkyl carbamates (subject to hydrolysis) is 1. The zero-order valence-electron chi connectivity index (χ0n) is 17.1.